The SMILES string of the molecule is NC(=O)C1CCN(C(=O)[C@H](NS(=O)(=O)c2ccc3cc(OC4CCCC4)ccc3c2)C(F)(F)c2ccc(-c3ccc(Cl)cc3)cc2)CC1. The smallest absolute Gasteiger partial charge is 0.298 e. The van der Waals surface area contributed by atoms with Crippen LogP contribution in [0.5, 0.6) is 5.75 Å². The molecule has 6 rings (SSSR count). The molecule has 1 saturated heterocycles. The number of fused-ring (bicyclic) bond motifs is 1. The summed E-state index contributed by atoms with van der Waals surface area (Å²) in [7, 11) is -4.63. The largest absolute Gasteiger partial charge is 0.490 e. The zero-order valence-electron chi connectivity index (χ0n) is 26.1. The van der Waals surface area contributed by atoms with E-state index in [1.165, 1.54) is 36.4 Å². The number of alkyl halides is 2. The van der Waals surface area contributed by atoms with Crippen LogP contribution in [0.25, 0.3) is 21.9 Å². The fourth-order valence-electron chi connectivity index (χ4n) is 6.40. The molecule has 2 amide bonds. The lowest BCUT2D eigenvalue weighted by molar-refractivity contribution is -0.146. The van der Waals surface area contributed by atoms with Crippen LogP contribution in [0.4, 0.5) is 8.78 Å². The molecule has 0 radical (unpaired) electrons. The van der Waals surface area contributed by atoms with E-state index in [-0.39, 0.29) is 36.9 Å². The van der Waals surface area contributed by atoms with E-state index in [0.717, 1.165) is 41.5 Å². The first kappa shape index (κ1) is 33.8. The van der Waals surface area contributed by atoms with Gasteiger partial charge in [-0.1, -0.05) is 60.1 Å². The van der Waals surface area contributed by atoms with Gasteiger partial charge in [0.2, 0.25) is 21.8 Å². The molecule has 12 heteroatoms. The molecule has 252 valence electrons. The summed E-state index contributed by atoms with van der Waals surface area (Å²) < 4.78 is 68.5. The van der Waals surface area contributed by atoms with Crippen LogP contribution in [0.1, 0.15) is 44.1 Å². The van der Waals surface area contributed by atoms with Crippen molar-refractivity contribution in [2.24, 2.45) is 11.7 Å². The lowest BCUT2D eigenvalue weighted by atomic mass is 9.94. The zero-order valence-corrected chi connectivity index (χ0v) is 27.7. The van der Waals surface area contributed by atoms with Crippen molar-refractivity contribution >= 4 is 44.2 Å². The minimum atomic E-state index is -4.63. The molecular weight excluding hydrogens is 660 g/mol. The Labute approximate surface area is 283 Å². The molecule has 1 aliphatic carbocycles. The Morgan fingerprint density at radius 2 is 1.44 bits per heavy atom. The summed E-state index contributed by atoms with van der Waals surface area (Å²) >= 11 is 5.98. The zero-order chi connectivity index (χ0) is 34.1. The molecule has 0 bridgehead atoms. The summed E-state index contributed by atoms with van der Waals surface area (Å²) in [6.45, 7) is -0.0328. The number of nitrogens with zero attached hydrogens (tertiary/aromatic N) is 1. The number of ether oxygens (including phenoxy) is 1. The van der Waals surface area contributed by atoms with Gasteiger partial charge in [0.25, 0.3) is 5.92 Å². The Balaban J connectivity index is 1.29. The fraction of sp³-hybridized carbons (Fsp3) is 0.333. The van der Waals surface area contributed by atoms with E-state index in [1.807, 2.05) is 6.07 Å². The van der Waals surface area contributed by atoms with Gasteiger partial charge in [-0.2, -0.15) is 13.5 Å². The minimum absolute atomic E-state index is 0.0164. The van der Waals surface area contributed by atoms with Gasteiger partial charge in [0.05, 0.1) is 11.0 Å². The van der Waals surface area contributed by atoms with Crippen LogP contribution in [0.2, 0.25) is 5.02 Å². The Kier molecular flexibility index (Phi) is 9.74. The first-order chi connectivity index (χ1) is 22.9. The molecule has 4 aromatic rings. The first-order valence-electron chi connectivity index (χ1n) is 16.0. The van der Waals surface area contributed by atoms with Gasteiger partial charge in [-0.05, 0) is 96.8 Å². The highest BCUT2D eigenvalue weighted by atomic mass is 35.5. The lowest BCUT2D eigenvalue weighted by Crippen LogP contribution is -2.57. The molecule has 0 unspecified atom stereocenters. The number of rotatable bonds is 10. The molecule has 48 heavy (non-hydrogen) atoms. The third-order valence-electron chi connectivity index (χ3n) is 9.24. The summed E-state index contributed by atoms with van der Waals surface area (Å²) in [6, 6.07) is 19.3. The maximum Gasteiger partial charge on any atom is 0.298 e. The predicted molar refractivity (Wildman–Crippen MR) is 180 cm³/mol. The number of nitrogens with one attached hydrogen (secondary N) is 1. The number of carbonyl (C=O) groups excluding carboxylic acids is 2. The third kappa shape index (κ3) is 7.33. The summed E-state index contributed by atoms with van der Waals surface area (Å²) in [5.41, 5.74) is 6.26. The van der Waals surface area contributed by atoms with E-state index in [0.29, 0.717) is 21.7 Å². The standard InChI is InChI=1S/C36H36ClF2N3O5S/c37-29-13-7-24(8-14-29)23-5-11-28(12-6-23)36(38,39)33(35(44)42-19-17-25(18-20-42)34(40)43)41-48(45,46)32-16-10-26-21-31(15-9-27(26)22-32)47-30-3-1-2-4-30/h5-16,21-22,25,30,33,41H,1-4,17-20H2,(H2,40,43)/t33-/m0/s1. The molecule has 3 N–H and O–H groups in total. The van der Waals surface area contributed by atoms with Crippen molar-refractivity contribution in [3.63, 3.8) is 0 Å². The average molecular weight is 696 g/mol. The van der Waals surface area contributed by atoms with Crippen molar-refractivity contribution in [3.8, 4) is 16.9 Å². The highest BCUT2D eigenvalue weighted by molar-refractivity contribution is 7.89. The van der Waals surface area contributed by atoms with Crippen molar-refractivity contribution in [1.29, 1.82) is 0 Å². The summed E-state index contributed by atoms with van der Waals surface area (Å²) in [5.74, 6) is -5.39. The van der Waals surface area contributed by atoms with Crippen molar-refractivity contribution in [1.82, 2.24) is 9.62 Å². The molecule has 0 aromatic heterocycles. The maximum atomic E-state index is 16.4. The molecule has 1 saturated carbocycles. The molecule has 2 fully saturated rings. The number of nitrogens with two attached hydrogens (primary N) is 1. The monoisotopic (exact) mass is 695 g/mol. The predicted octanol–water partition coefficient (Wildman–Crippen LogP) is 6.64. The van der Waals surface area contributed by atoms with E-state index in [1.54, 1.807) is 42.5 Å². The van der Waals surface area contributed by atoms with Gasteiger partial charge in [0.1, 0.15) is 5.75 Å². The molecule has 1 atom stereocenters. The van der Waals surface area contributed by atoms with Crippen LogP contribution < -0.4 is 15.2 Å². The molecule has 0 spiro atoms. The van der Waals surface area contributed by atoms with Gasteiger partial charge >= 0.3 is 0 Å². The van der Waals surface area contributed by atoms with E-state index in [4.69, 9.17) is 22.1 Å². The lowest BCUT2D eigenvalue weighted by Gasteiger charge is -2.35. The van der Waals surface area contributed by atoms with Crippen molar-refractivity contribution in [2.75, 3.05) is 13.1 Å². The fourth-order valence-corrected chi connectivity index (χ4v) is 7.76. The summed E-state index contributed by atoms with van der Waals surface area (Å²) in [6.07, 6.45) is 4.75. The van der Waals surface area contributed by atoms with Gasteiger partial charge in [0, 0.05) is 29.6 Å². The maximum absolute atomic E-state index is 16.4. The van der Waals surface area contributed by atoms with Gasteiger partial charge < -0.3 is 15.4 Å². The number of hydrogen-bond acceptors (Lipinski definition) is 5. The number of likely N-dealkylation sites (tertiary alicyclic amines) is 1. The first-order valence-corrected chi connectivity index (χ1v) is 17.8. The number of halogens is 3. The van der Waals surface area contributed by atoms with E-state index in [2.05, 4.69) is 4.72 Å². The van der Waals surface area contributed by atoms with Gasteiger partial charge in [-0.3, -0.25) is 9.59 Å². The van der Waals surface area contributed by atoms with Crippen LogP contribution in [0.3, 0.4) is 0 Å². The molecular formula is C36H36ClF2N3O5S. The van der Waals surface area contributed by atoms with E-state index >= 15 is 8.78 Å². The quantitative estimate of drug-likeness (QED) is 0.193. The van der Waals surface area contributed by atoms with Crippen LogP contribution in [0.15, 0.2) is 89.8 Å². The average Bonchev–Trinajstić information content (AvgIpc) is 3.60. The highest BCUT2D eigenvalue weighted by Gasteiger charge is 2.50. The Morgan fingerprint density at radius 3 is 2.06 bits per heavy atom. The van der Waals surface area contributed by atoms with Crippen molar-refractivity contribution < 1.29 is 31.5 Å². The van der Waals surface area contributed by atoms with Gasteiger partial charge in [-0.25, -0.2) is 8.42 Å². The normalized spacial score (nSPS) is 17.0. The van der Waals surface area contributed by atoms with E-state index in [9.17, 15) is 18.0 Å². The van der Waals surface area contributed by atoms with Crippen LogP contribution >= 0.6 is 11.6 Å². The third-order valence-corrected chi connectivity index (χ3v) is 10.9. The number of primary amides is 1. The van der Waals surface area contributed by atoms with Gasteiger partial charge in [0.15, 0.2) is 6.04 Å². The van der Waals surface area contributed by atoms with E-state index < -0.39 is 45.3 Å². The number of benzene rings is 4. The Morgan fingerprint density at radius 1 is 0.854 bits per heavy atom. The number of hydrogen-bond donors (Lipinski definition) is 2. The summed E-state index contributed by atoms with van der Waals surface area (Å²) in [4.78, 5) is 26.4. The van der Waals surface area contributed by atoms with Crippen LogP contribution in [0, 0.1) is 5.92 Å². The topological polar surface area (TPSA) is 119 Å². The molecule has 8 nitrogen and oxygen atoms in total. The second kappa shape index (κ2) is 13.8. The minimum Gasteiger partial charge on any atom is -0.490 e. The second-order valence-electron chi connectivity index (χ2n) is 12.5. The Hall–Kier alpha value is -4.06. The molecule has 2 aliphatic rings. The number of amides is 2. The van der Waals surface area contributed by atoms with Gasteiger partial charge in [-0.15, -0.1) is 0 Å². The van der Waals surface area contributed by atoms with Crippen molar-refractivity contribution in [3.05, 3.63) is 95.5 Å². The number of piperidine rings is 1. The van der Waals surface area contributed by atoms with Crippen LogP contribution in [-0.2, 0) is 25.5 Å². The molecule has 4 aromatic carbocycles. The summed E-state index contributed by atoms with van der Waals surface area (Å²) in [5, 5.41) is 1.82. The number of carbonyl (C=O) groups is 2. The number of sulfonamides is 1. The highest BCUT2D eigenvalue weighted by Crippen LogP contribution is 2.36. The molecule has 1 heterocycles. The second-order valence-corrected chi connectivity index (χ2v) is 14.6. The van der Waals surface area contributed by atoms with Crippen LogP contribution in [-0.4, -0.2) is 50.4 Å². The van der Waals surface area contributed by atoms with Crippen molar-refractivity contribution in [2.45, 2.75) is 61.5 Å². The molecule has 1 aliphatic heterocycles. The Bertz CT molecular complexity index is 1910.